The van der Waals surface area contributed by atoms with Gasteiger partial charge in [-0.1, -0.05) is 0 Å². The van der Waals surface area contributed by atoms with E-state index in [9.17, 15) is 0 Å². The lowest BCUT2D eigenvalue weighted by atomic mass is 10.1. The molecule has 0 aromatic heterocycles. The molecule has 1 aromatic carbocycles. The number of piperidine rings is 1. The van der Waals surface area contributed by atoms with E-state index in [1.165, 1.54) is 0 Å². The van der Waals surface area contributed by atoms with Crippen molar-refractivity contribution in [1.82, 2.24) is 0 Å². The maximum atomic E-state index is 9.17. The van der Waals surface area contributed by atoms with E-state index in [0.717, 1.165) is 37.4 Å². The van der Waals surface area contributed by atoms with Gasteiger partial charge in [0.15, 0.2) is 0 Å². The molecule has 1 aliphatic heterocycles. The second-order valence-corrected chi connectivity index (χ2v) is 4.42. The van der Waals surface area contributed by atoms with Gasteiger partial charge in [-0.25, -0.2) is 0 Å². The normalized spacial score (nSPS) is 16.4. The van der Waals surface area contributed by atoms with Crippen LogP contribution in [0.4, 0.5) is 5.69 Å². The minimum atomic E-state index is 0.345. The first-order chi connectivity index (χ1) is 8.78. The molecule has 0 amide bonds. The summed E-state index contributed by atoms with van der Waals surface area (Å²) in [6.45, 7) is 1.83. The van der Waals surface area contributed by atoms with Crippen LogP contribution >= 0.6 is 0 Å². The molecule has 4 nitrogen and oxygen atoms in total. The average Bonchev–Trinajstić information content (AvgIpc) is 2.46. The van der Waals surface area contributed by atoms with Crippen molar-refractivity contribution in [2.45, 2.75) is 18.9 Å². The fraction of sp³-hybridized carbons (Fsp3) is 0.500. The van der Waals surface area contributed by atoms with Crippen LogP contribution in [0.25, 0.3) is 0 Å². The van der Waals surface area contributed by atoms with Gasteiger partial charge in [0.1, 0.15) is 11.8 Å². The van der Waals surface area contributed by atoms with E-state index >= 15 is 0 Å². The maximum Gasteiger partial charge on any atom is 0.121 e. The quantitative estimate of drug-likeness (QED) is 0.820. The smallest absolute Gasteiger partial charge is 0.121 e. The number of benzene rings is 1. The second-order valence-electron chi connectivity index (χ2n) is 4.42. The molecule has 1 heterocycles. The molecule has 0 saturated carbocycles. The van der Waals surface area contributed by atoms with Crippen molar-refractivity contribution < 1.29 is 9.47 Å². The first kappa shape index (κ1) is 12.7. The van der Waals surface area contributed by atoms with Gasteiger partial charge < -0.3 is 14.4 Å². The number of methoxy groups -OCH3 is 2. The molecule has 0 atom stereocenters. The molecule has 0 unspecified atom stereocenters. The Labute approximate surface area is 108 Å². The highest BCUT2D eigenvalue weighted by Crippen LogP contribution is 2.28. The second kappa shape index (κ2) is 5.74. The summed E-state index contributed by atoms with van der Waals surface area (Å²) in [5.74, 6) is 0.790. The molecule has 0 aliphatic carbocycles. The molecule has 1 aromatic rings. The van der Waals surface area contributed by atoms with Crippen LogP contribution in [-0.4, -0.2) is 33.4 Å². The van der Waals surface area contributed by atoms with Gasteiger partial charge in [0.05, 0.1) is 24.5 Å². The predicted molar refractivity (Wildman–Crippen MR) is 70.0 cm³/mol. The van der Waals surface area contributed by atoms with E-state index in [0.29, 0.717) is 11.7 Å². The van der Waals surface area contributed by atoms with Gasteiger partial charge in [0.25, 0.3) is 0 Å². The standard InChI is InChI=1S/C14H18N2O2/c1-17-12-5-7-16(8-6-12)14-9-13(18-2)4-3-11(14)10-15/h3-4,9,12H,5-8H2,1-2H3. The van der Waals surface area contributed by atoms with Gasteiger partial charge in [-0.05, 0) is 25.0 Å². The third-order valence-electron chi connectivity index (χ3n) is 3.44. The molecule has 4 heteroatoms. The Bertz CT molecular complexity index is 446. The molecule has 2 rings (SSSR count). The Morgan fingerprint density at radius 2 is 2.00 bits per heavy atom. The summed E-state index contributed by atoms with van der Waals surface area (Å²) in [6, 6.07) is 7.82. The molecule has 96 valence electrons. The third kappa shape index (κ3) is 2.57. The topological polar surface area (TPSA) is 45.5 Å². The summed E-state index contributed by atoms with van der Waals surface area (Å²) >= 11 is 0. The van der Waals surface area contributed by atoms with Crippen molar-refractivity contribution in [3.63, 3.8) is 0 Å². The van der Waals surface area contributed by atoms with Crippen molar-refractivity contribution >= 4 is 5.69 Å². The summed E-state index contributed by atoms with van der Waals surface area (Å²) in [5.41, 5.74) is 1.66. The number of nitrogens with zero attached hydrogens (tertiary/aromatic N) is 2. The molecular weight excluding hydrogens is 228 g/mol. The molecule has 1 fully saturated rings. The predicted octanol–water partition coefficient (Wildman–Crippen LogP) is 2.18. The number of anilines is 1. The number of hydrogen-bond acceptors (Lipinski definition) is 4. The lowest BCUT2D eigenvalue weighted by Crippen LogP contribution is -2.37. The van der Waals surface area contributed by atoms with Crippen molar-refractivity contribution in [2.75, 3.05) is 32.2 Å². The molecule has 18 heavy (non-hydrogen) atoms. The average molecular weight is 246 g/mol. The summed E-state index contributed by atoms with van der Waals surface area (Å²) < 4.78 is 10.6. The zero-order chi connectivity index (χ0) is 13.0. The SMILES string of the molecule is COc1ccc(C#N)c(N2CCC(OC)CC2)c1. The first-order valence-electron chi connectivity index (χ1n) is 6.14. The van der Waals surface area contributed by atoms with E-state index in [1.54, 1.807) is 14.2 Å². The molecule has 1 saturated heterocycles. The number of nitriles is 1. The van der Waals surface area contributed by atoms with Crippen LogP contribution in [0.2, 0.25) is 0 Å². The third-order valence-corrected chi connectivity index (χ3v) is 3.44. The van der Waals surface area contributed by atoms with Gasteiger partial charge in [-0.15, -0.1) is 0 Å². The summed E-state index contributed by atoms with van der Waals surface area (Å²) in [5, 5.41) is 9.17. The van der Waals surface area contributed by atoms with Crippen molar-refractivity contribution in [1.29, 1.82) is 5.26 Å². The Hall–Kier alpha value is -1.73. The van der Waals surface area contributed by atoms with Gasteiger partial charge in [-0.3, -0.25) is 0 Å². The Balaban J connectivity index is 2.20. The largest absolute Gasteiger partial charge is 0.497 e. The van der Waals surface area contributed by atoms with Crippen LogP contribution in [0.1, 0.15) is 18.4 Å². The van der Waals surface area contributed by atoms with Crippen LogP contribution in [0.15, 0.2) is 18.2 Å². The maximum absolute atomic E-state index is 9.17. The van der Waals surface area contributed by atoms with Crippen LogP contribution < -0.4 is 9.64 Å². The highest BCUT2D eigenvalue weighted by molar-refractivity contribution is 5.62. The molecular formula is C14H18N2O2. The van der Waals surface area contributed by atoms with E-state index in [2.05, 4.69) is 11.0 Å². The van der Waals surface area contributed by atoms with E-state index in [1.807, 2.05) is 18.2 Å². The zero-order valence-corrected chi connectivity index (χ0v) is 10.8. The fourth-order valence-corrected chi connectivity index (χ4v) is 2.33. The lowest BCUT2D eigenvalue weighted by Gasteiger charge is -2.33. The van der Waals surface area contributed by atoms with Crippen molar-refractivity contribution in [3.05, 3.63) is 23.8 Å². The van der Waals surface area contributed by atoms with Gasteiger partial charge in [0.2, 0.25) is 0 Å². The van der Waals surface area contributed by atoms with Crippen LogP contribution in [-0.2, 0) is 4.74 Å². The Morgan fingerprint density at radius 3 is 2.56 bits per heavy atom. The van der Waals surface area contributed by atoms with E-state index in [-0.39, 0.29) is 0 Å². The van der Waals surface area contributed by atoms with Crippen LogP contribution in [0, 0.1) is 11.3 Å². The lowest BCUT2D eigenvalue weighted by molar-refractivity contribution is 0.0819. The van der Waals surface area contributed by atoms with Crippen LogP contribution in [0.5, 0.6) is 5.75 Å². The Kier molecular flexibility index (Phi) is 4.06. The summed E-state index contributed by atoms with van der Waals surface area (Å²) in [6.07, 6.45) is 2.34. The van der Waals surface area contributed by atoms with E-state index in [4.69, 9.17) is 14.7 Å². The van der Waals surface area contributed by atoms with Gasteiger partial charge in [-0.2, -0.15) is 5.26 Å². The van der Waals surface area contributed by atoms with E-state index < -0.39 is 0 Å². The highest BCUT2D eigenvalue weighted by atomic mass is 16.5. The number of rotatable bonds is 3. The molecule has 0 radical (unpaired) electrons. The highest BCUT2D eigenvalue weighted by Gasteiger charge is 2.21. The van der Waals surface area contributed by atoms with Crippen molar-refractivity contribution in [2.24, 2.45) is 0 Å². The summed E-state index contributed by atoms with van der Waals surface area (Å²) in [4.78, 5) is 2.23. The number of hydrogen-bond donors (Lipinski definition) is 0. The minimum Gasteiger partial charge on any atom is -0.497 e. The summed E-state index contributed by atoms with van der Waals surface area (Å²) in [7, 11) is 3.40. The molecule has 1 aliphatic rings. The first-order valence-corrected chi connectivity index (χ1v) is 6.14. The number of ether oxygens (including phenoxy) is 2. The van der Waals surface area contributed by atoms with Crippen LogP contribution in [0.3, 0.4) is 0 Å². The molecule has 0 spiro atoms. The zero-order valence-electron chi connectivity index (χ0n) is 10.8. The van der Waals surface area contributed by atoms with Gasteiger partial charge in [0, 0.05) is 26.3 Å². The monoisotopic (exact) mass is 246 g/mol. The molecule has 0 bridgehead atoms. The van der Waals surface area contributed by atoms with Crippen molar-refractivity contribution in [3.8, 4) is 11.8 Å². The van der Waals surface area contributed by atoms with Gasteiger partial charge >= 0.3 is 0 Å². The Morgan fingerprint density at radius 1 is 1.28 bits per heavy atom. The fourth-order valence-electron chi connectivity index (χ4n) is 2.33. The molecule has 0 N–H and O–H groups in total. The minimum absolute atomic E-state index is 0.345.